The van der Waals surface area contributed by atoms with E-state index in [9.17, 15) is 13.2 Å². The molecule has 1 aromatic heterocycles. The number of amides is 1. The number of rotatable bonds is 10. The lowest BCUT2D eigenvalue weighted by atomic mass is 10.1. The Balaban J connectivity index is 1.10. The van der Waals surface area contributed by atoms with Gasteiger partial charge in [0, 0.05) is 47.0 Å². The van der Waals surface area contributed by atoms with Crippen LogP contribution in [-0.4, -0.2) is 32.0 Å². The number of unbranched alkanes of at least 4 members (excludes halogenated alkanes) is 2. The summed E-state index contributed by atoms with van der Waals surface area (Å²) in [5.41, 5.74) is 2.95. The fraction of sp³-hybridized carbons (Fsp3) is 0.233. The first-order valence-corrected chi connectivity index (χ1v) is 14.2. The predicted octanol–water partition coefficient (Wildman–Crippen LogP) is 5.85. The van der Waals surface area contributed by atoms with E-state index in [1.165, 1.54) is 5.52 Å². The van der Waals surface area contributed by atoms with Gasteiger partial charge in [0.15, 0.2) is 0 Å². The number of carbonyl (C=O) groups excluding carboxylic acids is 1. The standard InChI is InChI=1S/C30H31N3O3S/c1-2-33-28-13-7-6-12-26(28)27-21-24(15-17-29(27)33)30(34)31-18-8-3-9-19-32-37(35,36)25-16-14-22-10-4-5-11-23(22)20-25/h4-7,10-17,20-21,32H,2-3,8-9,18-19H2,1H3,(H,31,34). The van der Waals surface area contributed by atoms with E-state index in [4.69, 9.17) is 0 Å². The number of hydrogen-bond donors (Lipinski definition) is 2. The molecule has 0 aliphatic rings. The lowest BCUT2D eigenvalue weighted by Crippen LogP contribution is -2.26. The van der Waals surface area contributed by atoms with Gasteiger partial charge < -0.3 is 9.88 Å². The van der Waals surface area contributed by atoms with Crippen LogP contribution < -0.4 is 10.0 Å². The van der Waals surface area contributed by atoms with E-state index in [-0.39, 0.29) is 10.8 Å². The van der Waals surface area contributed by atoms with Gasteiger partial charge >= 0.3 is 0 Å². The van der Waals surface area contributed by atoms with Gasteiger partial charge in [0.25, 0.3) is 5.91 Å². The van der Waals surface area contributed by atoms with Crippen LogP contribution in [-0.2, 0) is 16.6 Å². The molecule has 0 saturated carbocycles. The maximum Gasteiger partial charge on any atom is 0.251 e. The smallest absolute Gasteiger partial charge is 0.251 e. The average Bonchev–Trinajstić information content (AvgIpc) is 3.25. The van der Waals surface area contributed by atoms with Crippen molar-refractivity contribution in [2.24, 2.45) is 0 Å². The Labute approximate surface area is 217 Å². The third-order valence-corrected chi connectivity index (χ3v) is 8.27. The van der Waals surface area contributed by atoms with E-state index in [0.717, 1.165) is 46.4 Å². The Morgan fingerprint density at radius 1 is 0.757 bits per heavy atom. The zero-order valence-corrected chi connectivity index (χ0v) is 21.7. The number of aromatic nitrogens is 1. The number of para-hydroxylation sites is 1. The van der Waals surface area contributed by atoms with Crippen molar-refractivity contribution in [3.63, 3.8) is 0 Å². The summed E-state index contributed by atoms with van der Waals surface area (Å²) >= 11 is 0. The van der Waals surface area contributed by atoms with Gasteiger partial charge in [-0.25, -0.2) is 13.1 Å². The van der Waals surface area contributed by atoms with Crippen LogP contribution in [0.4, 0.5) is 0 Å². The molecule has 4 aromatic carbocycles. The number of benzene rings is 4. The van der Waals surface area contributed by atoms with Gasteiger partial charge in [0.1, 0.15) is 0 Å². The van der Waals surface area contributed by atoms with Crippen molar-refractivity contribution in [1.82, 2.24) is 14.6 Å². The van der Waals surface area contributed by atoms with Crippen molar-refractivity contribution < 1.29 is 13.2 Å². The van der Waals surface area contributed by atoms with Crippen molar-refractivity contribution in [1.29, 1.82) is 0 Å². The molecule has 5 aromatic rings. The lowest BCUT2D eigenvalue weighted by Gasteiger charge is -2.09. The van der Waals surface area contributed by atoms with Crippen LogP contribution >= 0.6 is 0 Å². The molecule has 5 rings (SSSR count). The number of sulfonamides is 1. The molecular weight excluding hydrogens is 482 g/mol. The van der Waals surface area contributed by atoms with E-state index in [2.05, 4.69) is 33.7 Å². The second-order valence-electron chi connectivity index (χ2n) is 9.22. The quantitative estimate of drug-likeness (QED) is 0.230. The molecular formula is C30H31N3O3S. The molecule has 0 atom stereocenters. The molecule has 0 fully saturated rings. The molecule has 0 radical (unpaired) electrons. The number of fused-ring (bicyclic) bond motifs is 4. The summed E-state index contributed by atoms with van der Waals surface area (Å²) in [5, 5.41) is 7.15. The van der Waals surface area contributed by atoms with E-state index in [1.807, 2.05) is 60.7 Å². The van der Waals surface area contributed by atoms with Crippen molar-refractivity contribution in [3.8, 4) is 0 Å². The van der Waals surface area contributed by atoms with Gasteiger partial charge in [-0.1, -0.05) is 55.0 Å². The minimum absolute atomic E-state index is 0.0905. The fourth-order valence-corrected chi connectivity index (χ4v) is 6.00. The van der Waals surface area contributed by atoms with Gasteiger partial charge in [-0.2, -0.15) is 0 Å². The van der Waals surface area contributed by atoms with E-state index in [1.54, 1.807) is 12.1 Å². The van der Waals surface area contributed by atoms with Crippen LogP contribution in [0.25, 0.3) is 32.6 Å². The molecule has 0 bridgehead atoms. The van der Waals surface area contributed by atoms with Gasteiger partial charge in [-0.05, 0) is 66.9 Å². The number of nitrogens with one attached hydrogen (secondary N) is 2. The average molecular weight is 514 g/mol. The van der Waals surface area contributed by atoms with E-state index >= 15 is 0 Å². The SMILES string of the molecule is CCn1c2ccccc2c2cc(C(=O)NCCCCCNS(=O)(=O)c3ccc4ccccc4c3)ccc21. The summed E-state index contributed by atoms with van der Waals surface area (Å²) < 4.78 is 30.2. The Kier molecular flexibility index (Phi) is 7.26. The summed E-state index contributed by atoms with van der Waals surface area (Å²) in [4.78, 5) is 13.0. The van der Waals surface area contributed by atoms with Crippen LogP contribution in [0.1, 0.15) is 36.5 Å². The maximum absolute atomic E-state index is 12.8. The molecule has 0 saturated heterocycles. The fourth-order valence-electron chi connectivity index (χ4n) is 4.89. The highest BCUT2D eigenvalue weighted by Crippen LogP contribution is 2.29. The highest BCUT2D eigenvalue weighted by molar-refractivity contribution is 7.89. The number of nitrogens with zero attached hydrogens (tertiary/aromatic N) is 1. The first kappa shape index (κ1) is 25.0. The normalized spacial score (nSPS) is 11.9. The Hall–Kier alpha value is -3.68. The van der Waals surface area contributed by atoms with Crippen LogP contribution in [0, 0.1) is 0 Å². The van der Waals surface area contributed by atoms with Gasteiger partial charge in [-0.3, -0.25) is 4.79 Å². The number of carbonyl (C=O) groups is 1. The molecule has 6 nitrogen and oxygen atoms in total. The van der Waals surface area contributed by atoms with E-state index in [0.29, 0.717) is 25.1 Å². The molecule has 0 spiro atoms. The molecule has 0 unspecified atom stereocenters. The van der Waals surface area contributed by atoms with Crippen LogP contribution in [0.2, 0.25) is 0 Å². The predicted molar refractivity (Wildman–Crippen MR) is 150 cm³/mol. The largest absolute Gasteiger partial charge is 0.352 e. The molecule has 2 N–H and O–H groups in total. The first-order chi connectivity index (χ1) is 18.0. The van der Waals surface area contributed by atoms with Crippen LogP contribution in [0.15, 0.2) is 89.8 Å². The van der Waals surface area contributed by atoms with Crippen LogP contribution in [0.3, 0.4) is 0 Å². The van der Waals surface area contributed by atoms with Gasteiger partial charge in [-0.15, -0.1) is 0 Å². The molecule has 0 aliphatic heterocycles. The van der Waals surface area contributed by atoms with E-state index < -0.39 is 10.0 Å². The molecule has 1 amide bonds. The number of aryl methyl sites for hydroxylation is 1. The summed E-state index contributed by atoms with van der Waals surface area (Å²) in [6, 6.07) is 27.0. The monoisotopic (exact) mass is 513 g/mol. The Morgan fingerprint density at radius 3 is 2.32 bits per heavy atom. The summed E-state index contributed by atoms with van der Waals surface area (Å²) in [6.07, 6.45) is 2.29. The molecule has 190 valence electrons. The molecule has 7 heteroatoms. The summed E-state index contributed by atoms with van der Waals surface area (Å²) in [7, 11) is -3.55. The first-order valence-electron chi connectivity index (χ1n) is 12.8. The minimum atomic E-state index is -3.55. The zero-order valence-electron chi connectivity index (χ0n) is 20.9. The second-order valence-corrected chi connectivity index (χ2v) is 11.0. The van der Waals surface area contributed by atoms with Crippen LogP contribution in [0.5, 0.6) is 0 Å². The van der Waals surface area contributed by atoms with Gasteiger partial charge in [0.2, 0.25) is 10.0 Å². The molecule has 1 heterocycles. The second kappa shape index (κ2) is 10.7. The van der Waals surface area contributed by atoms with Crippen molar-refractivity contribution in [2.45, 2.75) is 37.6 Å². The third kappa shape index (κ3) is 5.24. The van der Waals surface area contributed by atoms with Crippen molar-refractivity contribution in [3.05, 3.63) is 90.5 Å². The third-order valence-electron chi connectivity index (χ3n) is 6.81. The van der Waals surface area contributed by atoms with Crippen molar-refractivity contribution >= 4 is 48.5 Å². The maximum atomic E-state index is 12.8. The number of hydrogen-bond acceptors (Lipinski definition) is 3. The molecule has 0 aliphatic carbocycles. The highest BCUT2D eigenvalue weighted by Gasteiger charge is 2.14. The summed E-state index contributed by atoms with van der Waals surface area (Å²) in [6.45, 7) is 3.90. The summed E-state index contributed by atoms with van der Waals surface area (Å²) in [5.74, 6) is -0.0905. The Bertz CT molecular complexity index is 1690. The van der Waals surface area contributed by atoms with Crippen molar-refractivity contribution in [2.75, 3.05) is 13.1 Å². The lowest BCUT2D eigenvalue weighted by molar-refractivity contribution is 0.0953. The zero-order chi connectivity index (χ0) is 25.8. The topological polar surface area (TPSA) is 80.2 Å². The highest BCUT2D eigenvalue weighted by atomic mass is 32.2. The molecule has 37 heavy (non-hydrogen) atoms. The van der Waals surface area contributed by atoms with Gasteiger partial charge in [0.05, 0.1) is 4.90 Å². The Morgan fingerprint density at radius 2 is 1.49 bits per heavy atom. The minimum Gasteiger partial charge on any atom is -0.352 e.